The molecule has 0 aliphatic rings. The highest BCUT2D eigenvalue weighted by Crippen LogP contribution is 2.38. The van der Waals surface area contributed by atoms with Crippen LogP contribution in [0.15, 0.2) is 11.2 Å². The number of pyridine rings is 1. The number of thioether (sulfide) groups is 1. The van der Waals surface area contributed by atoms with Crippen molar-refractivity contribution in [1.82, 2.24) is 24.6 Å². The molecule has 4 heterocycles. The SMILES string of the molecule is CCOC(=O)c1sc2nc(C)cc(C)c2c1NC(=O)CSc1nc2nc(C)c(C)c(C)n2n1. The smallest absolute Gasteiger partial charge is 0.350 e. The minimum Gasteiger partial charge on any atom is -0.462 e. The Kier molecular flexibility index (Phi) is 6.35. The number of amides is 1. The first-order valence-electron chi connectivity index (χ1n) is 10.4. The number of hydrogen-bond acceptors (Lipinski definition) is 9. The van der Waals surface area contributed by atoms with Crippen molar-refractivity contribution in [2.45, 2.75) is 46.7 Å². The summed E-state index contributed by atoms with van der Waals surface area (Å²) in [6, 6.07) is 1.92. The molecule has 0 bridgehead atoms. The first-order valence-corrected chi connectivity index (χ1v) is 12.2. The molecule has 0 atom stereocenters. The van der Waals surface area contributed by atoms with Crippen LogP contribution < -0.4 is 5.32 Å². The number of aromatic nitrogens is 5. The number of esters is 1. The third kappa shape index (κ3) is 4.42. The number of carbonyl (C=O) groups is 2. The van der Waals surface area contributed by atoms with E-state index < -0.39 is 5.97 Å². The predicted molar refractivity (Wildman–Crippen MR) is 129 cm³/mol. The average molecular weight is 485 g/mol. The summed E-state index contributed by atoms with van der Waals surface area (Å²) in [6.45, 7) is 11.7. The molecule has 9 nitrogen and oxygen atoms in total. The normalized spacial score (nSPS) is 11.3. The van der Waals surface area contributed by atoms with Gasteiger partial charge in [-0.15, -0.1) is 16.4 Å². The summed E-state index contributed by atoms with van der Waals surface area (Å²) in [7, 11) is 0. The Labute approximate surface area is 199 Å². The number of fused-ring (bicyclic) bond motifs is 2. The lowest BCUT2D eigenvalue weighted by Crippen LogP contribution is -2.16. The van der Waals surface area contributed by atoms with Crippen LogP contribution in [0.2, 0.25) is 0 Å². The van der Waals surface area contributed by atoms with Gasteiger partial charge in [0, 0.05) is 22.5 Å². The number of aryl methyl sites for hydroxylation is 4. The second-order valence-corrected chi connectivity index (χ2v) is 9.58. The summed E-state index contributed by atoms with van der Waals surface area (Å²) in [5.74, 6) is -0.175. The molecule has 0 unspecified atom stereocenters. The average Bonchev–Trinajstić information content (AvgIpc) is 3.32. The molecular formula is C22H24N6O3S2. The van der Waals surface area contributed by atoms with Crippen LogP contribution in [0, 0.1) is 34.6 Å². The molecular weight excluding hydrogens is 460 g/mol. The fourth-order valence-corrected chi connectivity index (χ4v) is 5.27. The van der Waals surface area contributed by atoms with Crippen LogP contribution in [-0.4, -0.2) is 48.8 Å². The van der Waals surface area contributed by atoms with Gasteiger partial charge in [0.2, 0.25) is 11.1 Å². The number of nitrogens with one attached hydrogen (secondary N) is 1. The predicted octanol–water partition coefficient (Wildman–Crippen LogP) is 4.18. The van der Waals surface area contributed by atoms with Crippen molar-refractivity contribution in [2.75, 3.05) is 17.7 Å². The molecule has 4 aromatic heterocycles. The number of nitrogens with zero attached hydrogens (tertiary/aromatic N) is 5. The van der Waals surface area contributed by atoms with Crippen LogP contribution in [0.25, 0.3) is 16.0 Å². The molecule has 4 aromatic rings. The van der Waals surface area contributed by atoms with Crippen LogP contribution in [-0.2, 0) is 9.53 Å². The molecule has 4 rings (SSSR count). The van der Waals surface area contributed by atoms with E-state index in [4.69, 9.17) is 4.74 Å². The van der Waals surface area contributed by atoms with E-state index in [-0.39, 0.29) is 18.3 Å². The van der Waals surface area contributed by atoms with Crippen molar-refractivity contribution in [3.8, 4) is 0 Å². The Balaban J connectivity index is 1.59. The lowest BCUT2D eigenvalue weighted by atomic mass is 10.1. The first-order chi connectivity index (χ1) is 15.7. The molecule has 0 saturated carbocycles. The van der Waals surface area contributed by atoms with Gasteiger partial charge in [-0.2, -0.15) is 4.98 Å². The maximum absolute atomic E-state index is 12.9. The summed E-state index contributed by atoms with van der Waals surface area (Å²) in [6.07, 6.45) is 0. The molecule has 0 aliphatic heterocycles. The van der Waals surface area contributed by atoms with Crippen molar-refractivity contribution >= 4 is 56.7 Å². The highest BCUT2D eigenvalue weighted by Gasteiger charge is 2.24. The third-order valence-electron chi connectivity index (χ3n) is 5.29. The van der Waals surface area contributed by atoms with E-state index in [9.17, 15) is 9.59 Å². The molecule has 172 valence electrons. The van der Waals surface area contributed by atoms with Gasteiger partial charge in [-0.1, -0.05) is 11.8 Å². The summed E-state index contributed by atoms with van der Waals surface area (Å²) >= 11 is 2.43. The van der Waals surface area contributed by atoms with Crippen molar-refractivity contribution in [1.29, 1.82) is 0 Å². The third-order valence-corrected chi connectivity index (χ3v) is 7.19. The van der Waals surface area contributed by atoms with Crippen molar-refractivity contribution in [2.24, 2.45) is 0 Å². The lowest BCUT2D eigenvalue weighted by molar-refractivity contribution is -0.113. The summed E-state index contributed by atoms with van der Waals surface area (Å²) in [5.41, 5.74) is 5.13. The second kappa shape index (κ2) is 9.06. The van der Waals surface area contributed by atoms with E-state index in [0.717, 1.165) is 33.6 Å². The van der Waals surface area contributed by atoms with Gasteiger partial charge in [0.25, 0.3) is 5.78 Å². The van der Waals surface area contributed by atoms with Crippen LogP contribution >= 0.6 is 23.1 Å². The highest BCUT2D eigenvalue weighted by atomic mass is 32.2. The molecule has 0 radical (unpaired) electrons. The summed E-state index contributed by atoms with van der Waals surface area (Å²) in [4.78, 5) is 39.9. The van der Waals surface area contributed by atoms with Crippen LogP contribution in [0.1, 0.15) is 44.8 Å². The molecule has 1 amide bonds. The van der Waals surface area contributed by atoms with Crippen molar-refractivity contribution in [3.63, 3.8) is 0 Å². The van der Waals surface area contributed by atoms with Gasteiger partial charge >= 0.3 is 5.97 Å². The van der Waals surface area contributed by atoms with Crippen LogP contribution in [0.4, 0.5) is 5.69 Å². The van der Waals surface area contributed by atoms with Crippen LogP contribution in [0.3, 0.4) is 0 Å². The quantitative estimate of drug-likeness (QED) is 0.320. The van der Waals surface area contributed by atoms with E-state index in [1.165, 1.54) is 23.1 Å². The van der Waals surface area contributed by atoms with E-state index in [0.29, 0.717) is 26.3 Å². The second-order valence-electron chi connectivity index (χ2n) is 7.64. The zero-order valence-electron chi connectivity index (χ0n) is 19.3. The van der Waals surface area contributed by atoms with Crippen LogP contribution in [0.5, 0.6) is 0 Å². The van der Waals surface area contributed by atoms with Gasteiger partial charge in [-0.25, -0.2) is 19.3 Å². The number of thiophene rings is 1. The number of hydrogen-bond donors (Lipinski definition) is 1. The molecule has 0 aromatic carbocycles. The fourth-order valence-electron chi connectivity index (χ4n) is 3.51. The molecule has 0 spiro atoms. The largest absolute Gasteiger partial charge is 0.462 e. The van der Waals surface area contributed by atoms with E-state index in [2.05, 4.69) is 25.4 Å². The van der Waals surface area contributed by atoms with E-state index in [1.54, 1.807) is 11.4 Å². The molecule has 1 N–H and O–H groups in total. The number of rotatable bonds is 6. The Hall–Kier alpha value is -3.05. The number of carbonyl (C=O) groups excluding carboxylic acids is 2. The first kappa shape index (κ1) is 23.1. The monoisotopic (exact) mass is 484 g/mol. The Bertz CT molecular complexity index is 1410. The topological polar surface area (TPSA) is 111 Å². The standard InChI is InChI=1S/C22H24N6O3S2/c1-7-31-20(30)18-17(16-10(2)8-11(3)23-19(16)33-18)25-15(29)9-32-22-26-21-24-13(5)12(4)14(6)28(21)27-22/h8H,7,9H2,1-6H3,(H,25,29). The molecule has 0 fully saturated rings. The Morgan fingerprint density at radius 3 is 2.64 bits per heavy atom. The van der Waals surface area contributed by atoms with E-state index >= 15 is 0 Å². The minimum atomic E-state index is -0.477. The molecule has 11 heteroatoms. The van der Waals surface area contributed by atoms with Crippen molar-refractivity contribution in [3.05, 3.63) is 39.2 Å². The number of anilines is 1. The number of ether oxygens (including phenoxy) is 1. The van der Waals surface area contributed by atoms with Gasteiger partial charge in [0.1, 0.15) is 9.71 Å². The molecule has 0 aliphatic carbocycles. The van der Waals surface area contributed by atoms with Gasteiger partial charge in [-0.05, 0) is 58.7 Å². The maximum Gasteiger partial charge on any atom is 0.350 e. The summed E-state index contributed by atoms with van der Waals surface area (Å²) in [5, 5.41) is 8.58. The highest BCUT2D eigenvalue weighted by molar-refractivity contribution is 7.99. The Morgan fingerprint density at radius 2 is 1.91 bits per heavy atom. The van der Waals surface area contributed by atoms with E-state index in [1.807, 2.05) is 40.7 Å². The summed E-state index contributed by atoms with van der Waals surface area (Å²) < 4.78 is 6.89. The van der Waals surface area contributed by atoms with Gasteiger partial charge in [0.05, 0.1) is 18.0 Å². The van der Waals surface area contributed by atoms with Gasteiger partial charge < -0.3 is 10.1 Å². The zero-order chi connectivity index (χ0) is 23.9. The maximum atomic E-state index is 12.9. The minimum absolute atomic E-state index is 0.0752. The van der Waals surface area contributed by atoms with Gasteiger partial charge in [-0.3, -0.25) is 4.79 Å². The fraction of sp³-hybridized carbons (Fsp3) is 0.364. The van der Waals surface area contributed by atoms with Gasteiger partial charge in [0.15, 0.2) is 0 Å². The Morgan fingerprint density at radius 1 is 1.15 bits per heavy atom. The lowest BCUT2D eigenvalue weighted by Gasteiger charge is -2.08. The molecule has 33 heavy (non-hydrogen) atoms. The van der Waals surface area contributed by atoms with Crippen molar-refractivity contribution < 1.29 is 14.3 Å². The zero-order valence-corrected chi connectivity index (χ0v) is 20.9. The molecule has 0 saturated heterocycles.